The van der Waals surface area contributed by atoms with Gasteiger partial charge < -0.3 is 15.0 Å². The van der Waals surface area contributed by atoms with Crippen molar-refractivity contribution in [3.8, 4) is 17.1 Å². The molecule has 152 valence electrons. The molecule has 2 aromatic heterocycles. The first-order chi connectivity index (χ1) is 14.6. The predicted octanol–water partition coefficient (Wildman–Crippen LogP) is 4.44. The molecule has 4 aromatic rings. The molecule has 30 heavy (non-hydrogen) atoms. The maximum atomic E-state index is 11.7. The third kappa shape index (κ3) is 4.58. The molecule has 6 nitrogen and oxygen atoms in total. The highest BCUT2D eigenvalue weighted by Gasteiger charge is 2.10. The van der Waals surface area contributed by atoms with Gasteiger partial charge >= 0.3 is 0 Å². The van der Waals surface area contributed by atoms with E-state index in [4.69, 9.17) is 14.7 Å². The number of thiophene rings is 1. The lowest BCUT2D eigenvalue weighted by Crippen LogP contribution is -2.27. The number of para-hydroxylation sites is 1. The zero-order chi connectivity index (χ0) is 20.9. The predicted molar refractivity (Wildman–Crippen MR) is 121 cm³/mol. The number of anilines is 1. The van der Waals surface area contributed by atoms with Crippen molar-refractivity contribution < 1.29 is 9.53 Å². The molecule has 1 N–H and O–H groups in total. The Morgan fingerprint density at radius 2 is 1.97 bits per heavy atom. The maximum Gasteiger partial charge on any atom is 0.259 e. The molecule has 0 aliphatic rings. The van der Waals surface area contributed by atoms with Crippen LogP contribution >= 0.6 is 11.3 Å². The molecule has 0 bridgehead atoms. The quantitative estimate of drug-likeness (QED) is 0.481. The van der Waals surface area contributed by atoms with Crippen LogP contribution < -0.4 is 10.1 Å². The second kappa shape index (κ2) is 8.92. The average molecular weight is 419 g/mol. The number of rotatable bonds is 7. The monoisotopic (exact) mass is 418 g/mol. The normalized spacial score (nSPS) is 10.7. The number of hydrogen-bond acceptors (Lipinski definition) is 6. The van der Waals surface area contributed by atoms with Crippen LogP contribution in [0.5, 0.6) is 5.75 Å². The number of hydrogen-bond donors (Lipinski definition) is 1. The van der Waals surface area contributed by atoms with Crippen LogP contribution in [0.25, 0.3) is 22.3 Å². The highest BCUT2D eigenvalue weighted by molar-refractivity contribution is 7.08. The summed E-state index contributed by atoms with van der Waals surface area (Å²) in [5.41, 5.74) is 2.94. The summed E-state index contributed by atoms with van der Waals surface area (Å²) in [6.07, 6.45) is 0. The third-order valence-corrected chi connectivity index (χ3v) is 5.29. The van der Waals surface area contributed by atoms with Gasteiger partial charge in [-0.1, -0.05) is 24.3 Å². The number of fused-ring (bicyclic) bond motifs is 1. The van der Waals surface area contributed by atoms with E-state index < -0.39 is 0 Å². The van der Waals surface area contributed by atoms with Gasteiger partial charge in [0.05, 0.1) is 5.52 Å². The van der Waals surface area contributed by atoms with Crippen LogP contribution in [0.15, 0.2) is 65.4 Å². The highest BCUT2D eigenvalue weighted by atomic mass is 32.1. The molecule has 0 aliphatic heterocycles. The van der Waals surface area contributed by atoms with Gasteiger partial charge in [-0.15, -0.1) is 0 Å². The van der Waals surface area contributed by atoms with Gasteiger partial charge in [0.15, 0.2) is 12.4 Å². The van der Waals surface area contributed by atoms with Crippen molar-refractivity contribution in [2.45, 2.75) is 6.54 Å². The molecule has 2 aromatic carbocycles. The molecule has 0 radical (unpaired) electrons. The van der Waals surface area contributed by atoms with Crippen molar-refractivity contribution in [2.24, 2.45) is 0 Å². The summed E-state index contributed by atoms with van der Waals surface area (Å²) >= 11 is 1.62. The summed E-state index contributed by atoms with van der Waals surface area (Å²) in [5, 5.41) is 8.48. The second-order valence-corrected chi connectivity index (χ2v) is 7.78. The van der Waals surface area contributed by atoms with Gasteiger partial charge in [-0.25, -0.2) is 9.97 Å². The average Bonchev–Trinajstić information content (AvgIpc) is 3.31. The molecular weight excluding hydrogens is 396 g/mol. The molecular formula is C23H22N4O2S. The summed E-state index contributed by atoms with van der Waals surface area (Å²) in [5.74, 6) is 2.08. The number of ether oxygens (including phenoxy) is 1. The number of likely N-dealkylation sites (N-methyl/N-ethyl adjacent to an activating group) is 1. The zero-order valence-corrected chi connectivity index (χ0v) is 17.6. The lowest BCUT2D eigenvalue weighted by atomic mass is 10.2. The van der Waals surface area contributed by atoms with Gasteiger partial charge in [0.25, 0.3) is 5.91 Å². The number of carbonyl (C=O) groups excluding carboxylic acids is 1. The minimum Gasteiger partial charge on any atom is -0.484 e. The lowest BCUT2D eigenvalue weighted by Gasteiger charge is -2.13. The second-order valence-electron chi connectivity index (χ2n) is 7.00. The number of amides is 1. The standard InChI is InChI=1S/C23H22N4O2S/c1-27(2)21(28)14-29-18-7-5-6-16(12-18)13-24-23-19-8-3-4-9-20(19)25-22(26-23)17-10-11-30-15-17/h3-12,15H,13-14H2,1-2H3,(H,24,25,26). The lowest BCUT2D eigenvalue weighted by molar-refractivity contribution is -0.130. The molecule has 0 aliphatic carbocycles. The molecule has 0 fully saturated rings. The number of aromatic nitrogens is 2. The fraction of sp³-hybridized carbons (Fsp3) is 0.174. The van der Waals surface area contributed by atoms with Crippen LogP contribution in [0, 0.1) is 0 Å². The van der Waals surface area contributed by atoms with E-state index >= 15 is 0 Å². The van der Waals surface area contributed by atoms with E-state index in [-0.39, 0.29) is 12.5 Å². The van der Waals surface area contributed by atoms with Crippen LogP contribution in [0.2, 0.25) is 0 Å². The molecule has 0 spiro atoms. The molecule has 0 saturated carbocycles. The molecule has 0 saturated heterocycles. The largest absolute Gasteiger partial charge is 0.484 e. The Morgan fingerprint density at radius 3 is 2.77 bits per heavy atom. The smallest absolute Gasteiger partial charge is 0.259 e. The third-order valence-electron chi connectivity index (χ3n) is 4.60. The van der Waals surface area contributed by atoms with Crippen molar-refractivity contribution in [1.82, 2.24) is 14.9 Å². The van der Waals surface area contributed by atoms with Gasteiger partial charge in [-0.05, 0) is 41.3 Å². The molecule has 4 rings (SSSR count). The van der Waals surface area contributed by atoms with Crippen molar-refractivity contribution in [3.05, 3.63) is 70.9 Å². The van der Waals surface area contributed by atoms with Crippen molar-refractivity contribution in [3.63, 3.8) is 0 Å². The Balaban J connectivity index is 1.54. The van der Waals surface area contributed by atoms with Crippen LogP contribution in [-0.4, -0.2) is 41.5 Å². The summed E-state index contributed by atoms with van der Waals surface area (Å²) in [7, 11) is 3.42. The molecule has 7 heteroatoms. The summed E-state index contributed by atoms with van der Waals surface area (Å²) in [6.45, 7) is 0.591. The first kappa shape index (κ1) is 19.8. The van der Waals surface area contributed by atoms with Crippen molar-refractivity contribution in [2.75, 3.05) is 26.0 Å². The minimum atomic E-state index is -0.0769. The fourth-order valence-corrected chi connectivity index (χ4v) is 3.57. The van der Waals surface area contributed by atoms with Gasteiger partial charge in [0.1, 0.15) is 11.6 Å². The first-order valence-electron chi connectivity index (χ1n) is 9.55. The topological polar surface area (TPSA) is 67.3 Å². The Hall–Kier alpha value is -3.45. The van der Waals surface area contributed by atoms with E-state index in [2.05, 4.69) is 5.32 Å². The molecule has 0 unspecified atom stereocenters. The van der Waals surface area contributed by atoms with E-state index in [0.717, 1.165) is 27.8 Å². The maximum absolute atomic E-state index is 11.7. The highest BCUT2D eigenvalue weighted by Crippen LogP contribution is 2.26. The summed E-state index contributed by atoms with van der Waals surface area (Å²) in [6, 6.07) is 17.7. The Bertz CT molecular complexity index is 1160. The van der Waals surface area contributed by atoms with Crippen LogP contribution in [-0.2, 0) is 11.3 Å². The fourth-order valence-electron chi connectivity index (χ4n) is 2.94. The number of nitrogens with zero attached hydrogens (tertiary/aromatic N) is 3. The molecule has 2 heterocycles. The SMILES string of the molecule is CN(C)C(=O)COc1cccc(CNc2nc(-c3ccsc3)nc3ccccc23)c1. The summed E-state index contributed by atoms with van der Waals surface area (Å²) in [4.78, 5) is 22.7. The Morgan fingerprint density at radius 1 is 1.10 bits per heavy atom. The van der Waals surface area contributed by atoms with E-state index in [0.29, 0.717) is 18.1 Å². The van der Waals surface area contributed by atoms with E-state index in [1.165, 1.54) is 4.90 Å². The Kier molecular flexibility index (Phi) is 5.90. The first-order valence-corrected chi connectivity index (χ1v) is 10.5. The molecule has 1 amide bonds. The number of benzene rings is 2. The molecule has 0 atom stereocenters. The Labute approximate surface area is 179 Å². The minimum absolute atomic E-state index is 0.0183. The van der Waals surface area contributed by atoms with Crippen molar-refractivity contribution in [1.29, 1.82) is 0 Å². The van der Waals surface area contributed by atoms with Crippen molar-refractivity contribution >= 4 is 34.0 Å². The zero-order valence-electron chi connectivity index (χ0n) is 16.8. The van der Waals surface area contributed by atoms with E-state index in [9.17, 15) is 4.79 Å². The van der Waals surface area contributed by atoms with Gasteiger partial charge in [-0.3, -0.25) is 4.79 Å². The summed E-state index contributed by atoms with van der Waals surface area (Å²) < 4.78 is 5.62. The van der Waals surface area contributed by atoms with E-state index in [1.54, 1.807) is 25.4 Å². The van der Waals surface area contributed by atoms with Gasteiger partial charge in [0, 0.05) is 37.0 Å². The van der Waals surface area contributed by atoms with Gasteiger partial charge in [0.2, 0.25) is 0 Å². The van der Waals surface area contributed by atoms with Gasteiger partial charge in [-0.2, -0.15) is 11.3 Å². The number of carbonyl (C=O) groups is 1. The van der Waals surface area contributed by atoms with Crippen LogP contribution in [0.3, 0.4) is 0 Å². The van der Waals surface area contributed by atoms with Crippen LogP contribution in [0.4, 0.5) is 5.82 Å². The van der Waals surface area contributed by atoms with Crippen LogP contribution in [0.1, 0.15) is 5.56 Å². The van der Waals surface area contributed by atoms with E-state index in [1.807, 2.05) is 65.4 Å². The number of nitrogens with one attached hydrogen (secondary N) is 1.